The summed E-state index contributed by atoms with van der Waals surface area (Å²) < 4.78 is 28.6. The molecule has 0 unspecified atom stereocenters. The molecule has 2 rings (SSSR count). The third-order valence-electron chi connectivity index (χ3n) is 8.22. The molecular formula is C39H59N3O3S. The molecule has 0 spiro atoms. The van der Waals surface area contributed by atoms with Crippen LogP contribution in [0, 0.1) is 23.7 Å². The van der Waals surface area contributed by atoms with Gasteiger partial charge in [-0.2, -0.15) is 0 Å². The number of hydrogen-bond donors (Lipinski definition) is 2. The van der Waals surface area contributed by atoms with Gasteiger partial charge < -0.3 is 10.2 Å². The fraction of sp³-hybridized carbons (Fsp3) is 0.615. The Labute approximate surface area is 280 Å². The summed E-state index contributed by atoms with van der Waals surface area (Å²) in [6, 6.07) is 11.0. The number of hydrogen-bond acceptors (Lipinski definition) is 4. The highest BCUT2D eigenvalue weighted by Crippen LogP contribution is 2.30. The van der Waals surface area contributed by atoms with E-state index in [1.54, 1.807) is 12.1 Å². The largest absolute Gasteiger partial charge is 0.377 e. The lowest BCUT2D eigenvalue weighted by molar-refractivity contribution is -0.121. The highest BCUT2D eigenvalue weighted by Gasteiger charge is 2.18. The third-order valence-corrected chi connectivity index (χ3v) is 9.74. The van der Waals surface area contributed by atoms with E-state index >= 15 is 0 Å². The van der Waals surface area contributed by atoms with Gasteiger partial charge in [0.15, 0.2) is 0 Å². The zero-order valence-electron chi connectivity index (χ0n) is 28.9. The number of anilines is 1. The molecule has 0 heterocycles. The molecule has 254 valence electrons. The van der Waals surface area contributed by atoms with Crippen molar-refractivity contribution in [3.05, 3.63) is 36.4 Å². The Morgan fingerprint density at radius 1 is 0.674 bits per heavy atom. The van der Waals surface area contributed by atoms with Gasteiger partial charge in [0.2, 0.25) is 15.9 Å². The number of carbonyl (C=O) groups is 1. The van der Waals surface area contributed by atoms with Gasteiger partial charge in [-0.05, 0) is 43.2 Å². The van der Waals surface area contributed by atoms with Crippen molar-refractivity contribution in [3.63, 3.8) is 0 Å². The van der Waals surface area contributed by atoms with Crippen molar-refractivity contribution in [2.24, 2.45) is 0 Å². The minimum atomic E-state index is -3.71. The van der Waals surface area contributed by atoms with Gasteiger partial charge >= 0.3 is 0 Å². The summed E-state index contributed by atoms with van der Waals surface area (Å²) in [7, 11) is 0.162. The van der Waals surface area contributed by atoms with Crippen molar-refractivity contribution in [3.8, 4) is 23.7 Å². The Bertz CT molecular complexity index is 1380. The van der Waals surface area contributed by atoms with Crippen LogP contribution >= 0.6 is 0 Å². The number of carbonyl (C=O) groups excluding carboxylic acids is 1. The van der Waals surface area contributed by atoms with E-state index < -0.39 is 10.0 Å². The summed E-state index contributed by atoms with van der Waals surface area (Å²) >= 11 is 0. The van der Waals surface area contributed by atoms with Crippen molar-refractivity contribution in [1.82, 2.24) is 10.0 Å². The molecule has 46 heavy (non-hydrogen) atoms. The molecule has 0 aliphatic carbocycles. The van der Waals surface area contributed by atoms with Crippen LogP contribution in [0.15, 0.2) is 41.3 Å². The van der Waals surface area contributed by atoms with Crippen molar-refractivity contribution in [1.29, 1.82) is 0 Å². The van der Waals surface area contributed by atoms with Crippen molar-refractivity contribution in [2.75, 3.05) is 32.1 Å². The van der Waals surface area contributed by atoms with E-state index in [9.17, 15) is 13.2 Å². The van der Waals surface area contributed by atoms with Crippen LogP contribution in [0.3, 0.4) is 0 Å². The Kier molecular flexibility index (Phi) is 20.6. The van der Waals surface area contributed by atoms with Crippen LogP contribution in [0.25, 0.3) is 10.8 Å². The first-order valence-corrected chi connectivity index (χ1v) is 19.3. The first-order valence-electron chi connectivity index (χ1n) is 17.8. The number of nitrogens with zero attached hydrogens (tertiary/aromatic N) is 1. The lowest BCUT2D eigenvalue weighted by Crippen LogP contribution is -2.34. The summed E-state index contributed by atoms with van der Waals surface area (Å²) in [5.41, 5.74) is 0.960. The number of sulfonamides is 1. The number of unbranched alkanes of at least 4 members (excludes halogenated alkanes) is 16. The van der Waals surface area contributed by atoms with E-state index in [4.69, 9.17) is 0 Å². The first kappa shape index (κ1) is 39.2. The second kappa shape index (κ2) is 24.2. The fourth-order valence-corrected chi connectivity index (χ4v) is 6.81. The van der Waals surface area contributed by atoms with Crippen LogP contribution in [0.5, 0.6) is 0 Å². The van der Waals surface area contributed by atoms with E-state index in [1.807, 2.05) is 43.3 Å². The number of benzene rings is 2. The lowest BCUT2D eigenvalue weighted by Gasteiger charge is -2.17. The molecule has 1 amide bonds. The fourth-order valence-electron chi connectivity index (χ4n) is 5.56. The van der Waals surface area contributed by atoms with Gasteiger partial charge in [-0.25, -0.2) is 13.1 Å². The highest BCUT2D eigenvalue weighted by molar-refractivity contribution is 7.89. The monoisotopic (exact) mass is 649 g/mol. The summed E-state index contributed by atoms with van der Waals surface area (Å²) in [5.74, 6) is 12.3. The van der Waals surface area contributed by atoms with Crippen LogP contribution in [0.1, 0.15) is 129 Å². The van der Waals surface area contributed by atoms with Crippen LogP contribution in [0.2, 0.25) is 0 Å². The lowest BCUT2D eigenvalue weighted by atomic mass is 10.1. The van der Waals surface area contributed by atoms with Crippen LogP contribution in [-0.2, 0) is 14.8 Å². The van der Waals surface area contributed by atoms with Crippen LogP contribution < -0.4 is 14.9 Å². The van der Waals surface area contributed by atoms with Gasteiger partial charge in [-0.3, -0.25) is 4.79 Å². The molecule has 6 nitrogen and oxygen atoms in total. The predicted molar refractivity (Wildman–Crippen MR) is 195 cm³/mol. The molecule has 0 bridgehead atoms. The normalized spacial score (nSPS) is 11.0. The van der Waals surface area contributed by atoms with Gasteiger partial charge in [0.05, 0.1) is 4.90 Å². The summed E-state index contributed by atoms with van der Waals surface area (Å²) in [5, 5.41) is 4.39. The number of amides is 1. The molecule has 2 aromatic carbocycles. The summed E-state index contributed by atoms with van der Waals surface area (Å²) in [6.45, 7) is 2.67. The minimum Gasteiger partial charge on any atom is -0.377 e. The zero-order chi connectivity index (χ0) is 33.3. The average molecular weight is 650 g/mol. The topological polar surface area (TPSA) is 78.5 Å². The third kappa shape index (κ3) is 16.5. The Morgan fingerprint density at radius 2 is 1.20 bits per heavy atom. The quantitative estimate of drug-likeness (QED) is 0.0881. The maximum atomic E-state index is 13.0. The van der Waals surface area contributed by atoms with E-state index in [0.717, 1.165) is 62.4 Å². The molecule has 0 radical (unpaired) electrons. The molecule has 2 aromatic rings. The Balaban J connectivity index is 1.45. The molecule has 7 heteroatoms. The number of fused-ring (bicyclic) bond motifs is 1. The Morgan fingerprint density at radius 3 is 1.78 bits per heavy atom. The summed E-state index contributed by atoms with van der Waals surface area (Å²) in [4.78, 5) is 14.4. The van der Waals surface area contributed by atoms with Crippen molar-refractivity contribution < 1.29 is 13.2 Å². The molecule has 0 fully saturated rings. The minimum absolute atomic E-state index is 0.0375. The molecule has 0 aliphatic rings. The second-order valence-electron chi connectivity index (χ2n) is 12.4. The average Bonchev–Trinajstić information content (AvgIpc) is 3.04. The standard InChI is InChI=1S/C39H59N3O3S/c1-4-5-6-7-8-9-10-11-12-13-14-15-16-17-18-19-20-21-22-23-24-25-32-39(43)40-33-34-41-46(44,45)38-31-27-28-35-36(38)29-26-30-37(35)42(2)3/h26-31,41H,4-14,19-25,32-34H2,1-3H3,(H,40,43). The molecule has 0 atom stereocenters. The maximum absolute atomic E-state index is 13.0. The van der Waals surface area contributed by atoms with Gasteiger partial charge in [-0.1, -0.05) is 127 Å². The van der Waals surface area contributed by atoms with Gasteiger partial charge in [0.1, 0.15) is 0 Å². The molecular weight excluding hydrogens is 591 g/mol. The Hall–Kier alpha value is -3.00. The first-order chi connectivity index (χ1) is 22.4. The molecule has 0 aliphatic heterocycles. The van der Waals surface area contributed by atoms with Crippen LogP contribution in [-0.4, -0.2) is 41.5 Å². The van der Waals surface area contributed by atoms with Gasteiger partial charge in [0, 0.05) is 62.9 Å². The smallest absolute Gasteiger partial charge is 0.241 e. The second-order valence-corrected chi connectivity index (χ2v) is 14.2. The van der Waals surface area contributed by atoms with E-state index in [-0.39, 0.29) is 23.9 Å². The molecule has 0 saturated heterocycles. The van der Waals surface area contributed by atoms with E-state index in [0.29, 0.717) is 11.8 Å². The molecule has 2 N–H and O–H groups in total. The van der Waals surface area contributed by atoms with Gasteiger partial charge in [0.25, 0.3) is 0 Å². The number of rotatable bonds is 24. The number of nitrogens with one attached hydrogen (secondary N) is 2. The van der Waals surface area contributed by atoms with E-state index in [2.05, 4.69) is 40.6 Å². The van der Waals surface area contributed by atoms with Crippen LogP contribution in [0.4, 0.5) is 5.69 Å². The summed E-state index contributed by atoms with van der Waals surface area (Å²) in [6.07, 6.45) is 22.2. The van der Waals surface area contributed by atoms with E-state index in [1.165, 1.54) is 64.2 Å². The maximum Gasteiger partial charge on any atom is 0.241 e. The molecule has 0 aromatic heterocycles. The zero-order valence-corrected chi connectivity index (χ0v) is 29.7. The SMILES string of the molecule is CCCCCCCCCCCCC#CC#CCCCCCCCCC(=O)NCCNS(=O)(=O)c1cccc2c(N(C)C)cccc12. The van der Waals surface area contributed by atoms with Crippen molar-refractivity contribution in [2.45, 2.75) is 134 Å². The van der Waals surface area contributed by atoms with Gasteiger partial charge in [-0.15, -0.1) is 0 Å². The van der Waals surface area contributed by atoms with Crippen molar-refractivity contribution >= 4 is 32.4 Å². The molecule has 0 saturated carbocycles. The predicted octanol–water partition coefficient (Wildman–Crippen LogP) is 8.74. The highest BCUT2D eigenvalue weighted by atomic mass is 32.2.